The van der Waals surface area contributed by atoms with Crippen LogP contribution in [0.4, 0.5) is 24.5 Å². The third-order valence-corrected chi connectivity index (χ3v) is 7.78. The smallest absolute Gasteiger partial charge is 0.370 e. The van der Waals surface area contributed by atoms with E-state index in [1.807, 2.05) is 16.1 Å². The molecule has 0 aliphatic carbocycles. The Kier molecular flexibility index (Phi) is 7.71. The molecule has 0 spiro atoms. The van der Waals surface area contributed by atoms with Crippen molar-refractivity contribution >= 4 is 46.3 Å². The van der Waals surface area contributed by atoms with Gasteiger partial charge >= 0.3 is 6.18 Å². The molecule has 2 amide bonds. The minimum atomic E-state index is -4.50. The first-order chi connectivity index (χ1) is 16.3. The van der Waals surface area contributed by atoms with Crippen molar-refractivity contribution in [3.8, 4) is 0 Å². The van der Waals surface area contributed by atoms with Crippen LogP contribution < -0.4 is 10.2 Å². The molecule has 0 radical (unpaired) electrons. The number of thiazole rings is 1. The minimum absolute atomic E-state index is 0.139. The summed E-state index contributed by atoms with van der Waals surface area (Å²) in [5.41, 5.74) is 0.145. The van der Waals surface area contributed by atoms with E-state index in [0.29, 0.717) is 24.5 Å². The Balaban J connectivity index is 1.46. The van der Waals surface area contributed by atoms with Gasteiger partial charge in [-0.15, -0.1) is 11.3 Å². The summed E-state index contributed by atoms with van der Waals surface area (Å²) in [7, 11) is 0. The van der Waals surface area contributed by atoms with Gasteiger partial charge in [-0.25, -0.2) is 4.98 Å². The first-order valence-corrected chi connectivity index (χ1v) is 13.5. The molecule has 0 saturated carbocycles. The molecular formula is C23H27F3N4O2S2. The second-order valence-corrected chi connectivity index (χ2v) is 10.3. The third-order valence-electron chi connectivity index (χ3n) is 6.24. The van der Waals surface area contributed by atoms with Gasteiger partial charge in [0.05, 0.1) is 27.7 Å². The standard InChI is InChI=1S/C23H27F3N4O2S2/c1-33-14-20(31)30-10-6-15(7-11-30)22-28-18(13-34-22)21(32)27-17-12-16(23(24,25)26)4-5-19(17)29-8-2-3-9-29/h4-5,12-13,15H,2-3,6-11,14H2,1H3,(H,27,32). The predicted octanol–water partition coefficient (Wildman–Crippen LogP) is 5.08. The van der Waals surface area contributed by atoms with Crippen molar-refractivity contribution in [3.63, 3.8) is 0 Å². The van der Waals surface area contributed by atoms with E-state index in [9.17, 15) is 22.8 Å². The van der Waals surface area contributed by atoms with Crippen LogP contribution in [0.1, 0.15) is 52.7 Å². The second kappa shape index (κ2) is 10.6. The van der Waals surface area contributed by atoms with Crippen LogP contribution in [0.5, 0.6) is 0 Å². The van der Waals surface area contributed by atoms with Gasteiger partial charge < -0.3 is 15.1 Å². The SMILES string of the molecule is CSCC(=O)N1CCC(c2nc(C(=O)Nc3cc(C(F)(F)F)ccc3N3CCCC3)cs2)CC1. The number of nitrogens with zero attached hydrogens (tertiary/aromatic N) is 3. The molecule has 1 aromatic heterocycles. The number of piperidine rings is 1. The topological polar surface area (TPSA) is 65.5 Å². The van der Waals surface area contributed by atoms with E-state index in [2.05, 4.69) is 10.3 Å². The molecule has 2 aliphatic rings. The van der Waals surface area contributed by atoms with E-state index in [4.69, 9.17) is 0 Å². The lowest BCUT2D eigenvalue weighted by Crippen LogP contribution is -2.38. The molecule has 1 aromatic carbocycles. The number of thioether (sulfide) groups is 1. The molecule has 2 saturated heterocycles. The van der Waals surface area contributed by atoms with Crippen molar-refractivity contribution in [1.29, 1.82) is 0 Å². The third kappa shape index (κ3) is 5.68. The molecule has 3 heterocycles. The van der Waals surface area contributed by atoms with Crippen LogP contribution in [0, 0.1) is 0 Å². The fourth-order valence-electron chi connectivity index (χ4n) is 4.40. The fourth-order valence-corrected chi connectivity index (χ4v) is 5.80. The van der Waals surface area contributed by atoms with Crippen molar-refractivity contribution in [3.05, 3.63) is 39.8 Å². The number of amides is 2. The highest BCUT2D eigenvalue weighted by Crippen LogP contribution is 2.37. The number of carbonyl (C=O) groups is 2. The maximum atomic E-state index is 13.3. The normalized spacial score (nSPS) is 17.3. The molecule has 6 nitrogen and oxygen atoms in total. The first-order valence-electron chi connectivity index (χ1n) is 11.3. The van der Waals surface area contributed by atoms with Gasteiger partial charge in [0.15, 0.2) is 0 Å². The van der Waals surface area contributed by atoms with Crippen LogP contribution in [0.15, 0.2) is 23.6 Å². The van der Waals surface area contributed by atoms with Crippen molar-refractivity contribution in [2.45, 2.75) is 37.8 Å². The molecule has 1 N–H and O–H groups in total. The van der Waals surface area contributed by atoms with E-state index < -0.39 is 17.6 Å². The van der Waals surface area contributed by atoms with Crippen molar-refractivity contribution in [1.82, 2.24) is 9.88 Å². The molecule has 0 atom stereocenters. The van der Waals surface area contributed by atoms with Crippen LogP contribution in [-0.2, 0) is 11.0 Å². The van der Waals surface area contributed by atoms with E-state index in [-0.39, 0.29) is 23.2 Å². The van der Waals surface area contributed by atoms with Gasteiger partial charge in [0.1, 0.15) is 5.69 Å². The lowest BCUT2D eigenvalue weighted by molar-refractivity contribution is -0.137. The maximum absolute atomic E-state index is 13.3. The Morgan fingerprint density at radius 3 is 2.53 bits per heavy atom. The largest absolute Gasteiger partial charge is 0.416 e. The number of rotatable bonds is 6. The van der Waals surface area contributed by atoms with Crippen LogP contribution in [0.2, 0.25) is 0 Å². The number of likely N-dealkylation sites (tertiary alicyclic amines) is 1. The molecule has 2 aromatic rings. The molecular weight excluding hydrogens is 485 g/mol. The highest BCUT2D eigenvalue weighted by Gasteiger charge is 2.32. The summed E-state index contributed by atoms with van der Waals surface area (Å²) in [4.78, 5) is 33.4. The van der Waals surface area contributed by atoms with Crippen LogP contribution in [0.3, 0.4) is 0 Å². The van der Waals surface area contributed by atoms with Gasteiger partial charge in [0.2, 0.25) is 5.91 Å². The van der Waals surface area contributed by atoms with Crippen molar-refractivity contribution in [2.75, 3.05) is 48.4 Å². The number of hydrogen-bond donors (Lipinski definition) is 1. The minimum Gasteiger partial charge on any atom is -0.370 e. The van der Waals surface area contributed by atoms with Crippen LogP contribution in [-0.4, -0.2) is 59.9 Å². The Labute approximate surface area is 204 Å². The average molecular weight is 513 g/mol. The van der Waals surface area contributed by atoms with E-state index in [1.165, 1.54) is 29.2 Å². The van der Waals surface area contributed by atoms with Crippen molar-refractivity contribution < 1.29 is 22.8 Å². The monoisotopic (exact) mass is 512 g/mol. The highest BCUT2D eigenvalue weighted by atomic mass is 32.2. The first kappa shape index (κ1) is 24.8. The summed E-state index contributed by atoms with van der Waals surface area (Å²) >= 11 is 2.89. The molecule has 34 heavy (non-hydrogen) atoms. The molecule has 2 fully saturated rings. The summed E-state index contributed by atoms with van der Waals surface area (Å²) in [6, 6.07) is 3.49. The Morgan fingerprint density at radius 1 is 1.18 bits per heavy atom. The summed E-state index contributed by atoms with van der Waals surface area (Å²) in [5.74, 6) is 0.259. The number of alkyl halides is 3. The Hall–Kier alpha value is -2.27. The average Bonchev–Trinajstić information content (AvgIpc) is 3.51. The number of benzene rings is 1. The summed E-state index contributed by atoms with van der Waals surface area (Å²) in [5, 5.41) is 5.15. The predicted molar refractivity (Wildman–Crippen MR) is 130 cm³/mol. The van der Waals surface area contributed by atoms with Crippen molar-refractivity contribution in [2.24, 2.45) is 0 Å². The van der Waals surface area contributed by atoms with Crippen LogP contribution in [0.25, 0.3) is 0 Å². The zero-order valence-corrected chi connectivity index (χ0v) is 20.5. The second-order valence-electron chi connectivity index (χ2n) is 8.54. The lowest BCUT2D eigenvalue weighted by Gasteiger charge is -2.31. The van der Waals surface area contributed by atoms with E-state index in [1.54, 1.807) is 5.38 Å². The maximum Gasteiger partial charge on any atom is 0.416 e. The summed E-state index contributed by atoms with van der Waals surface area (Å²) in [6.07, 6.45) is 0.892. The van der Waals surface area contributed by atoms with Gasteiger partial charge in [0, 0.05) is 37.5 Å². The number of carbonyl (C=O) groups excluding carboxylic acids is 2. The Morgan fingerprint density at radius 2 is 1.88 bits per heavy atom. The van der Waals surface area contributed by atoms with E-state index in [0.717, 1.165) is 55.9 Å². The number of aromatic nitrogens is 1. The molecule has 0 bridgehead atoms. The number of anilines is 2. The zero-order valence-electron chi connectivity index (χ0n) is 18.9. The van der Waals surface area contributed by atoms with E-state index >= 15 is 0 Å². The molecule has 11 heteroatoms. The molecule has 184 valence electrons. The number of hydrogen-bond acceptors (Lipinski definition) is 6. The van der Waals surface area contributed by atoms with Gasteiger partial charge in [-0.2, -0.15) is 24.9 Å². The summed E-state index contributed by atoms with van der Waals surface area (Å²) < 4.78 is 39.9. The summed E-state index contributed by atoms with van der Waals surface area (Å²) in [6.45, 7) is 2.81. The molecule has 4 rings (SSSR count). The fraction of sp³-hybridized carbons (Fsp3) is 0.522. The quantitative estimate of drug-likeness (QED) is 0.585. The van der Waals surface area contributed by atoms with Crippen LogP contribution >= 0.6 is 23.1 Å². The highest BCUT2D eigenvalue weighted by molar-refractivity contribution is 7.99. The van der Waals surface area contributed by atoms with Gasteiger partial charge in [0.25, 0.3) is 5.91 Å². The van der Waals surface area contributed by atoms with Gasteiger partial charge in [-0.05, 0) is 50.1 Å². The number of halogens is 3. The molecule has 2 aliphatic heterocycles. The molecule has 0 unspecified atom stereocenters. The Bertz CT molecular complexity index is 1030. The zero-order chi connectivity index (χ0) is 24.3. The number of nitrogens with one attached hydrogen (secondary N) is 1. The lowest BCUT2D eigenvalue weighted by atomic mass is 9.97. The van der Waals surface area contributed by atoms with Gasteiger partial charge in [-0.1, -0.05) is 0 Å². The van der Waals surface area contributed by atoms with Gasteiger partial charge in [-0.3, -0.25) is 9.59 Å².